The average Bonchev–Trinajstić information content (AvgIpc) is 2.26. The van der Waals surface area contributed by atoms with E-state index in [2.05, 4.69) is 4.98 Å². The SMILES string of the molecule is CC(C)[C@@H]1Cc2[nH]c(=O)c(C(=O)[O-])cc2CO1. The molecule has 0 spiro atoms. The van der Waals surface area contributed by atoms with Gasteiger partial charge in [-0.1, -0.05) is 13.8 Å². The van der Waals surface area contributed by atoms with Crippen molar-refractivity contribution in [3.05, 3.63) is 33.2 Å². The summed E-state index contributed by atoms with van der Waals surface area (Å²) in [6.45, 7) is 4.42. The molecule has 92 valence electrons. The molecule has 17 heavy (non-hydrogen) atoms. The van der Waals surface area contributed by atoms with Gasteiger partial charge in [0.2, 0.25) is 0 Å². The van der Waals surface area contributed by atoms with E-state index in [-0.39, 0.29) is 11.7 Å². The van der Waals surface area contributed by atoms with E-state index in [1.807, 2.05) is 13.8 Å². The number of carboxylic acid groups (broad SMARTS) is 1. The zero-order valence-electron chi connectivity index (χ0n) is 9.78. The van der Waals surface area contributed by atoms with Crippen LogP contribution in [0, 0.1) is 5.92 Å². The lowest BCUT2D eigenvalue weighted by Gasteiger charge is -2.28. The van der Waals surface area contributed by atoms with Crippen LogP contribution >= 0.6 is 0 Å². The van der Waals surface area contributed by atoms with E-state index < -0.39 is 11.5 Å². The Labute approximate surface area is 98.4 Å². The van der Waals surface area contributed by atoms with Crippen LogP contribution in [0.2, 0.25) is 0 Å². The van der Waals surface area contributed by atoms with E-state index in [4.69, 9.17) is 4.74 Å². The van der Waals surface area contributed by atoms with E-state index in [1.54, 1.807) is 0 Å². The maximum Gasteiger partial charge on any atom is 0.257 e. The fourth-order valence-corrected chi connectivity index (χ4v) is 1.96. The van der Waals surface area contributed by atoms with Crippen molar-refractivity contribution in [2.75, 3.05) is 0 Å². The molecule has 0 aromatic carbocycles. The molecular formula is C12H14NO4-. The normalized spacial score (nSPS) is 19.1. The Morgan fingerprint density at radius 2 is 2.29 bits per heavy atom. The molecule has 0 radical (unpaired) electrons. The number of aromatic amines is 1. The minimum Gasteiger partial charge on any atom is -0.545 e. The Hall–Kier alpha value is -1.62. The third-order valence-electron chi connectivity index (χ3n) is 3.04. The smallest absolute Gasteiger partial charge is 0.257 e. The molecule has 2 rings (SSSR count). The first-order valence-electron chi connectivity index (χ1n) is 5.57. The molecular weight excluding hydrogens is 222 g/mol. The Morgan fingerprint density at radius 3 is 2.88 bits per heavy atom. The fourth-order valence-electron chi connectivity index (χ4n) is 1.96. The predicted molar refractivity (Wildman–Crippen MR) is 58.5 cm³/mol. The minimum atomic E-state index is -1.46. The first-order chi connectivity index (χ1) is 7.99. The number of H-pyrrole nitrogens is 1. The second-order valence-corrected chi connectivity index (χ2v) is 4.60. The van der Waals surface area contributed by atoms with Crippen LogP contribution < -0.4 is 10.7 Å². The van der Waals surface area contributed by atoms with Gasteiger partial charge >= 0.3 is 0 Å². The van der Waals surface area contributed by atoms with E-state index >= 15 is 0 Å². The van der Waals surface area contributed by atoms with Gasteiger partial charge in [0, 0.05) is 12.1 Å². The lowest BCUT2D eigenvalue weighted by atomic mass is 9.96. The molecule has 2 heterocycles. The predicted octanol–water partition coefficient (Wildman–Crippen LogP) is -0.164. The van der Waals surface area contributed by atoms with Crippen LogP contribution in [0.4, 0.5) is 0 Å². The number of aromatic nitrogens is 1. The second-order valence-electron chi connectivity index (χ2n) is 4.60. The highest BCUT2D eigenvalue weighted by molar-refractivity contribution is 5.85. The van der Waals surface area contributed by atoms with Gasteiger partial charge in [-0.3, -0.25) is 4.79 Å². The average molecular weight is 236 g/mol. The molecule has 0 saturated carbocycles. The van der Waals surface area contributed by atoms with E-state index in [1.165, 1.54) is 6.07 Å². The van der Waals surface area contributed by atoms with Gasteiger partial charge in [0.05, 0.1) is 24.2 Å². The standard InChI is InChI=1S/C12H15NO4/c1-6(2)10-4-9-7(5-17-10)3-8(12(15)16)11(14)13-9/h3,6,10H,4-5H2,1-2H3,(H,13,14)(H,15,16)/p-1/t10-/m0/s1. The van der Waals surface area contributed by atoms with Gasteiger partial charge in [-0.25, -0.2) is 0 Å². The first-order valence-corrected chi connectivity index (χ1v) is 5.57. The number of carboxylic acids is 1. The van der Waals surface area contributed by atoms with Gasteiger partial charge in [-0.05, 0) is 17.5 Å². The van der Waals surface area contributed by atoms with Crippen LogP contribution in [0.15, 0.2) is 10.9 Å². The summed E-state index contributed by atoms with van der Waals surface area (Å²) < 4.78 is 5.61. The zero-order valence-corrected chi connectivity index (χ0v) is 9.78. The number of pyridine rings is 1. The molecule has 1 aromatic rings. The third kappa shape index (κ3) is 2.24. The highest BCUT2D eigenvalue weighted by Gasteiger charge is 2.23. The topological polar surface area (TPSA) is 82.2 Å². The van der Waals surface area contributed by atoms with Gasteiger partial charge in [-0.2, -0.15) is 0 Å². The highest BCUT2D eigenvalue weighted by Crippen LogP contribution is 2.22. The summed E-state index contributed by atoms with van der Waals surface area (Å²) in [6, 6.07) is 1.35. The molecule has 1 aromatic heterocycles. The molecule has 5 heteroatoms. The monoisotopic (exact) mass is 236 g/mol. The van der Waals surface area contributed by atoms with Gasteiger partial charge in [0.1, 0.15) is 0 Å². The summed E-state index contributed by atoms with van der Waals surface area (Å²) in [5, 5.41) is 10.7. The Morgan fingerprint density at radius 1 is 1.59 bits per heavy atom. The molecule has 0 amide bonds. The molecule has 1 aliphatic heterocycles. The van der Waals surface area contributed by atoms with Gasteiger partial charge in [-0.15, -0.1) is 0 Å². The molecule has 0 aliphatic carbocycles. The number of carbonyl (C=O) groups is 1. The largest absolute Gasteiger partial charge is 0.545 e. The molecule has 0 saturated heterocycles. The summed E-state index contributed by atoms with van der Waals surface area (Å²) in [5.74, 6) is -1.10. The molecule has 1 N–H and O–H groups in total. The minimum absolute atomic E-state index is 0.0620. The lowest BCUT2D eigenvalue weighted by molar-refractivity contribution is -0.255. The van der Waals surface area contributed by atoms with E-state index in [0.29, 0.717) is 18.9 Å². The second kappa shape index (κ2) is 4.33. The fraction of sp³-hybridized carbons (Fsp3) is 0.500. The Balaban J connectivity index is 2.39. The van der Waals surface area contributed by atoms with Crippen LogP contribution in [-0.4, -0.2) is 17.1 Å². The number of fused-ring (bicyclic) bond motifs is 1. The molecule has 1 atom stereocenters. The first kappa shape index (κ1) is 11.9. The number of hydrogen-bond donors (Lipinski definition) is 1. The quantitative estimate of drug-likeness (QED) is 0.773. The van der Waals surface area contributed by atoms with Gasteiger partial charge in [0.25, 0.3) is 5.56 Å². The van der Waals surface area contributed by atoms with E-state index in [9.17, 15) is 14.7 Å². The number of hydrogen-bond acceptors (Lipinski definition) is 4. The summed E-state index contributed by atoms with van der Waals surface area (Å²) in [7, 11) is 0. The van der Waals surface area contributed by atoms with Crippen LogP contribution in [-0.2, 0) is 17.8 Å². The maximum absolute atomic E-state index is 11.5. The van der Waals surface area contributed by atoms with E-state index in [0.717, 1.165) is 11.3 Å². The van der Waals surface area contributed by atoms with Crippen molar-refractivity contribution in [2.45, 2.75) is 33.0 Å². The number of rotatable bonds is 2. The van der Waals surface area contributed by atoms with Gasteiger partial charge < -0.3 is 19.6 Å². The van der Waals surface area contributed by atoms with Gasteiger partial charge in [0.15, 0.2) is 0 Å². The molecule has 5 nitrogen and oxygen atoms in total. The number of aromatic carboxylic acids is 1. The molecule has 0 fully saturated rings. The van der Waals surface area contributed by atoms with Crippen molar-refractivity contribution in [3.63, 3.8) is 0 Å². The third-order valence-corrected chi connectivity index (χ3v) is 3.04. The number of carbonyl (C=O) groups excluding carboxylic acids is 1. The molecule has 1 aliphatic rings. The van der Waals surface area contributed by atoms with Crippen molar-refractivity contribution >= 4 is 5.97 Å². The lowest BCUT2D eigenvalue weighted by Crippen LogP contribution is -2.34. The Bertz CT molecular complexity index is 504. The van der Waals surface area contributed by atoms with Crippen LogP contribution in [0.25, 0.3) is 0 Å². The summed E-state index contributed by atoms with van der Waals surface area (Å²) in [5.41, 5.74) is 0.550. The van der Waals surface area contributed by atoms with Crippen LogP contribution in [0.3, 0.4) is 0 Å². The van der Waals surface area contributed by atoms with Crippen molar-refractivity contribution in [3.8, 4) is 0 Å². The number of ether oxygens (including phenoxy) is 1. The number of nitrogens with one attached hydrogen (secondary N) is 1. The summed E-state index contributed by atoms with van der Waals surface area (Å²) in [4.78, 5) is 24.8. The van der Waals surface area contributed by atoms with Crippen molar-refractivity contribution < 1.29 is 14.6 Å². The summed E-state index contributed by atoms with van der Waals surface area (Å²) in [6.07, 6.45) is 0.669. The zero-order chi connectivity index (χ0) is 12.6. The molecule has 0 bridgehead atoms. The highest BCUT2D eigenvalue weighted by atomic mass is 16.5. The summed E-state index contributed by atoms with van der Waals surface area (Å²) >= 11 is 0. The molecule has 0 unspecified atom stereocenters. The van der Waals surface area contributed by atoms with Crippen molar-refractivity contribution in [1.29, 1.82) is 0 Å². The maximum atomic E-state index is 11.5. The van der Waals surface area contributed by atoms with Crippen LogP contribution in [0.5, 0.6) is 0 Å². The Kier molecular flexibility index (Phi) is 3.02. The van der Waals surface area contributed by atoms with Crippen molar-refractivity contribution in [2.24, 2.45) is 5.92 Å². The van der Waals surface area contributed by atoms with Crippen molar-refractivity contribution in [1.82, 2.24) is 4.98 Å². The van der Waals surface area contributed by atoms with Crippen LogP contribution in [0.1, 0.15) is 35.5 Å².